The van der Waals surface area contributed by atoms with Crippen molar-refractivity contribution >= 4 is 28.0 Å². The Morgan fingerprint density at radius 2 is 2.11 bits per heavy atom. The Morgan fingerprint density at radius 3 is 2.74 bits per heavy atom. The zero-order valence-corrected chi connectivity index (χ0v) is 12.5. The minimum Gasteiger partial charge on any atom is -0.351 e. The van der Waals surface area contributed by atoms with Gasteiger partial charge >= 0.3 is 0 Å². The van der Waals surface area contributed by atoms with Crippen LogP contribution in [0.1, 0.15) is 15.2 Å². The van der Waals surface area contributed by atoms with Crippen LogP contribution in [0.3, 0.4) is 0 Å². The summed E-state index contributed by atoms with van der Waals surface area (Å²) in [4.78, 5) is 13.2. The molecular weight excluding hydrogens is 280 g/mol. The molecule has 0 aliphatic rings. The van der Waals surface area contributed by atoms with Gasteiger partial charge in [0, 0.05) is 46.6 Å². The number of carbonyl (C=O) groups excluding carboxylic acids is 1. The lowest BCUT2D eigenvalue weighted by Crippen LogP contribution is -2.27. The first-order valence-electron chi connectivity index (χ1n) is 5.90. The van der Waals surface area contributed by atoms with Crippen molar-refractivity contribution in [2.45, 2.75) is 6.92 Å². The van der Waals surface area contributed by atoms with Gasteiger partial charge in [-0.1, -0.05) is 0 Å². The molecule has 0 radical (unpaired) electrons. The summed E-state index contributed by atoms with van der Waals surface area (Å²) in [6.07, 6.45) is 5.47. The fourth-order valence-electron chi connectivity index (χ4n) is 1.73. The molecule has 19 heavy (non-hydrogen) atoms. The summed E-state index contributed by atoms with van der Waals surface area (Å²) in [6, 6.07) is 5.74. The number of hydrogen-bond donors (Lipinski definition) is 1. The Kier molecular flexibility index (Phi) is 4.55. The van der Waals surface area contributed by atoms with E-state index in [1.54, 1.807) is 17.6 Å². The average molecular weight is 296 g/mol. The van der Waals surface area contributed by atoms with E-state index >= 15 is 0 Å². The molecule has 6 heteroatoms. The SMILES string of the molecule is Cc1cc(C(=O)NCC[S@](C)=O)c(-n2cccc2)s1. The molecule has 4 nitrogen and oxygen atoms in total. The van der Waals surface area contributed by atoms with Gasteiger partial charge in [-0.05, 0) is 25.1 Å². The Bertz CT molecular complexity index is 588. The van der Waals surface area contributed by atoms with E-state index in [1.807, 2.05) is 42.1 Å². The maximum Gasteiger partial charge on any atom is 0.254 e. The zero-order chi connectivity index (χ0) is 13.8. The van der Waals surface area contributed by atoms with E-state index in [1.165, 1.54) is 0 Å². The molecule has 0 saturated carbocycles. The van der Waals surface area contributed by atoms with Crippen LogP contribution in [-0.4, -0.2) is 33.2 Å². The van der Waals surface area contributed by atoms with Crippen LogP contribution in [0.4, 0.5) is 0 Å². The second kappa shape index (κ2) is 6.16. The van der Waals surface area contributed by atoms with E-state index in [2.05, 4.69) is 5.32 Å². The topological polar surface area (TPSA) is 51.1 Å². The molecule has 0 fully saturated rings. The van der Waals surface area contributed by atoms with E-state index in [9.17, 15) is 9.00 Å². The molecule has 2 rings (SSSR count). The maximum atomic E-state index is 12.1. The molecule has 102 valence electrons. The van der Waals surface area contributed by atoms with Gasteiger partial charge in [0.05, 0.1) is 5.56 Å². The van der Waals surface area contributed by atoms with Crippen molar-refractivity contribution in [2.24, 2.45) is 0 Å². The van der Waals surface area contributed by atoms with Gasteiger partial charge in [-0.25, -0.2) is 0 Å². The Balaban J connectivity index is 2.16. The molecule has 0 bridgehead atoms. The normalized spacial score (nSPS) is 12.3. The van der Waals surface area contributed by atoms with E-state index in [-0.39, 0.29) is 5.91 Å². The molecule has 0 unspecified atom stereocenters. The number of aromatic nitrogens is 1. The molecule has 0 saturated heterocycles. The Morgan fingerprint density at radius 1 is 1.42 bits per heavy atom. The molecule has 2 aromatic heterocycles. The van der Waals surface area contributed by atoms with Crippen molar-refractivity contribution in [3.05, 3.63) is 41.0 Å². The molecule has 1 N–H and O–H groups in total. The highest BCUT2D eigenvalue weighted by Crippen LogP contribution is 2.26. The van der Waals surface area contributed by atoms with Crippen molar-refractivity contribution in [2.75, 3.05) is 18.6 Å². The smallest absolute Gasteiger partial charge is 0.254 e. The monoisotopic (exact) mass is 296 g/mol. The summed E-state index contributed by atoms with van der Waals surface area (Å²) in [5.74, 6) is 0.367. The number of amides is 1. The number of nitrogens with one attached hydrogen (secondary N) is 1. The van der Waals surface area contributed by atoms with Gasteiger partial charge < -0.3 is 9.88 Å². The first kappa shape index (κ1) is 14.0. The molecule has 0 aliphatic carbocycles. The summed E-state index contributed by atoms with van der Waals surface area (Å²) in [5.41, 5.74) is 0.667. The van der Waals surface area contributed by atoms with Gasteiger partial charge in [0.15, 0.2) is 0 Å². The predicted molar refractivity (Wildman–Crippen MR) is 79.6 cm³/mol. The fourth-order valence-corrected chi connectivity index (χ4v) is 3.09. The second-order valence-electron chi connectivity index (χ2n) is 4.20. The van der Waals surface area contributed by atoms with Crippen LogP contribution in [0.2, 0.25) is 0 Å². The van der Waals surface area contributed by atoms with E-state index in [0.717, 1.165) is 9.88 Å². The van der Waals surface area contributed by atoms with Crippen molar-refractivity contribution in [3.8, 4) is 5.00 Å². The third-order valence-electron chi connectivity index (χ3n) is 2.59. The first-order valence-corrected chi connectivity index (χ1v) is 8.44. The van der Waals surface area contributed by atoms with Gasteiger partial charge in [0.1, 0.15) is 5.00 Å². The van der Waals surface area contributed by atoms with Crippen molar-refractivity contribution < 1.29 is 9.00 Å². The lowest BCUT2D eigenvalue weighted by molar-refractivity contribution is 0.0956. The van der Waals surface area contributed by atoms with Crippen LogP contribution in [0.25, 0.3) is 5.00 Å². The van der Waals surface area contributed by atoms with Crippen LogP contribution in [0, 0.1) is 6.92 Å². The summed E-state index contributed by atoms with van der Waals surface area (Å²) < 4.78 is 12.9. The van der Waals surface area contributed by atoms with Gasteiger partial charge in [0.2, 0.25) is 0 Å². The Labute approximate surface area is 118 Å². The second-order valence-corrected chi connectivity index (χ2v) is 6.99. The summed E-state index contributed by atoms with van der Waals surface area (Å²) in [7, 11) is -0.885. The standard InChI is InChI=1S/C13H16N2O2S2/c1-10-9-11(12(16)14-5-8-19(2)17)13(18-10)15-6-3-4-7-15/h3-4,6-7,9H,5,8H2,1-2H3,(H,14,16)/t19-/m0/s1. The lowest BCUT2D eigenvalue weighted by atomic mass is 10.2. The number of aryl methyl sites for hydroxylation is 1. The summed E-state index contributed by atoms with van der Waals surface area (Å²) >= 11 is 1.58. The van der Waals surface area contributed by atoms with Crippen LogP contribution in [-0.2, 0) is 10.8 Å². The van der Waals surface area contributed by atoms with Gasteiger partial charge in [0.25, 0.3) is 5.91 Å². The van der Waals surface area contributed by atoms with Crippen molar-refractivity contribution in [3.63, 3.8) is 0 Å². The van der Waals surface area contributed by atoms with E-state index in [4.69, 9.17) is 0 Å². The molecule has 2 aromatic rings. The van der Waals surface area contributed by atoms with E-state index < -0.39 is 10.8 Å². The van der Waals surface area contributed by atoms with Crippen LogP contribution in [0.5, 0.6) is 0 Å². The molecule has 2 heterocycles. The van der Waals surface area contributed by atoms with Crippen LogP contribution in [0.15, 0.2) is 30.6 Å². The number of carbonyl (C=O) groups is 1. The fraction of sp³-hybridized carbons (Fsp3) is 0.308. The first-order chi connectivity index (χ1) is 9.08. The minimum atomic E-state index is -0.885. The lowest BCUT2D eigenvalue weighted by Gasteiger charge is -2.06. The number of nitrogens with zero attached hydrogens (tertiary/aromatic N) is 1. The highest BCUT2D eigenvalue weighted by molar-refractivity contribution is 7.84. The molecule has 0 aromatic carbocycles. The third-order valence-corrected chi connectivity index (χ3v) is 4.44. The number of thiophene rings is 1. The quantitative estimate of drug-likeness (QED) is 0.917. The van der Waals surface area contributed by atoms with Crippen molar-refractivity contribution in [1.29, 1.82) is 0 Å². The molecular formula is C13H16N2O2S2. The summed E-state index contributed by atoms with van der Waals surface area (Å²) in [5, 5.41) is 3.72. The average Bonchev–Trinajstić information content (AvgIpc) is 2.96. The highest BCUT2D eigenvalue weighted by atomic mass is 32.2. The zero-order valence-electron chi connectivity index (χ0n) is 10.9. The third kappa shape index (κ3) is 3.54. The molecule has 1 amide bonds. The van der Waals surface area contributed by atoms with Crippen molar-refractivity contribution in [1.82, 2.24) is 9.88 Å². The molecule has 0 spiro atoms. The van der Waals surface area contributed by atoms with Gasteiger partial charge in [-0.2, -0.15) is 0 Å². The maximum absolute atomic E-state index is 12.1. The van der Waals surface area contributed by atoms with Crippen LogP contribution < -0.4 is 5.32 Å². The molecule has 1 atom stereocenters. The molecule has 0 aliphatic heterocycles. The predicted octanol–water partition coefficient (Wildman–Crippen LogP) is 1.96. The van der Waals surface area contributed by atoms with Crippen LogP contribution >= 0.6 is 11.3 Å². The van der Waals surface area contributed by atoms with Gasteiger partial charge in [-0.15, -0.1) is 11.3 Å². The number of rotatable bonds is 5. The summed E-state index contributed by atoms with van der Waals surface area (Å²) in [6.45, 7) is 2.41. The minimum absolute atomic E-state index is 0.112. The van der Waals surface area contributed by atoms with E-state index in [0.29, 0.717) is 17.9 Å². The van der Waals surface area contributed by atoms with Gasteiger partial charge in [-0.3, -0.25) is 9.00 Å². The largest absolute Gasteiger partial charge is 0.351 e. The Hall–Kier alpha value is -1.40. The number of hydrogen-bond acceptors (Lipinski definition) is 3. The highest BCUT2D eigenvalue weighted by Gasteiger charge is 2.15.